The minimum absolute atomic E-state index is 0.711. The third-order valence-electron chi connectivity index (χ3n) is 2.21. The summed E-state index contributed by atoms with van der Waals surface area (Å²) in [5.41, 5.74) is 2.05. The van der Waals surface area contributed by atoms with Crippen LogP contribution in [-0.2, 0) is 0 Å². The highest BCUT2D eigenvalue weighted by Crippen LogP contribution is 2.22. The molecule has 0 aromatic heterocycles. The smallest absolute Gasteiger partial charge is 0.141 e. The van der Waals surface area contributed by atoms with Gasteiger partial charge in [-0.1, -0.05) is 24.8 Å². The first-order valence-corrected chi connectivity index (χ1v) is 5.21. The van der Waals surface area contributed by atoms with Crippen molar-refractivity contribution >= 4 is 5.69 Å². The van der Waals surface area contributed by atoms with Gasteiger partial charge in [0.25, 0.3) is 0 Å². The van der Waals surface area contributed by atoms with Crippen molar-refractivity contribution in [1.29, 1.82) is 0 Å². The van der Waals surface area contributed by atoms with Crippen molar-refractivity contribution in [3.8, 4) is 5.75 Å². The Kier molecular flexibility index (Phi) is 4.99. The van der Waals surface area contributed by atoms with E-state index in [-0.39, 0.29) is 0 Å². The van der Waals surface area contributed by atoms with Gasteiger partial charge in [-0.05, 0) is 25.3 Å². The Morgan fingerprint density at radius 3 is 2.81 bits per heavy atom. The fraction of sp³-hybridized carbons (Fsp3) is 0.231. The van der Waals surface area contributed by atoms with Gasteiger partial charge in [-0.15, -0.1) is 0 Å². The molecule has 0 aliphatic carbocycles. The van der Waals surface area contributed by atoms with Gasteiger partial charge in [0.2, 0.25) is 0 Å². The monoisotopic (exact) mass is 218 g/mol. The Morgan fingerprint density at radius 1 is 1.44 bits per heavy atom. The number of hydrogen-bond acceptors (Lipinski definition) is 3. The molecule has 16 heavy (non-hydrogen) atoms. The molecule has 0 saturated heterocycles. The number of methoxy groups -OCH3 is 1. The van der Waals surface area contributed by atoms with Crippen LogP contribution >= 0.6 is 0 Å². The van der Waals surface area contributed by atoms with Crippen molar-refractivity contribution in [2.75, 3.05) is 19.0 Å². The van der Waals surface area contributed by atoms with E-state index in [1.54, 1.807) is 13.3 Å². The van der Waals surface area contributed by atoms with Crippen molar-refractivity contribution in [2.24, 2.45) is 0 Å². The van der Waals surface area contributed by atoms with Crippen molar-refractivity contribution in [3.63, 3.8) is 0 Å². The summed E-state index contributed by atoms with van der Waals surface area (Å²) in [4.78, 5) is 0. The molecular weight excluding hydrogens is 200 g/mol. The molecule has 0 radical (unpaired) electrons. The van der Waals surface area contributed by atoms with Crippen LogP contribution in [0.1, 0.15) is 6.92 Å². The summed E-state index contributed by atoms with van der Waals surface area (Å²) in [6.45, 7) is 6.33. The number of hydrogen-bond donors (Lipinski definition) is 2. The predicted molar refractivity (Wildman–Crippen MR) is 68.6 cm³/mol. The van der Waals surface area contributed by atoms with Gasteiger partial charge in [-0.25, -0.2) is 0 Å². The molecule has 0 amide bonds. The Balaban J connectivity index is 2.63. The van der Waals surface area contributed by atoms with E-state index >= 15 is 0 Å². The lowest BCUT2D eigenvalue weighted by molar-refractivity contribution is 0.416. The van der Waals surface area contributed by atoms with Crippen LogP contribution in [0.4, 0.5) is 5.69 Å². The first kappa shape index (κ1) is 12.2. The van der Waals surface area contributed by atoms with Gasteiger partial charge in [0.1, 0.15) is 5.75 Å². The van der Waals surface area contributed by atoms with Crippen LogP contribution in [0, 0.1) is 0 Å². The highest BCUT2D eigenvalue weighted by atomic mass is 16.5. The zero-order chi connectivity index (χ0) is 11.8. The Morgan fingerprint density at radius 2 is 2.19 bits per heavy atom. The predicted octanol–water partition coefficient (Wildman–Crippen LogP) is 2.74. The van der Waals surface area contributed by atoms with E-state index in [1.807, 2.05) is 37.3 Å². The van der Waals surface area contributed by atoms with Crippen molar-refractivity contribution < 1.29 is 4.74 Å². The van der Waals surface area contributed by atoms with Crippen LogP contribution in [-0.4, -0.2) is 13.7 Å². The maximum absolute atomic E-state index is 5.25. The molecule has 0 aliphatic rings. The normalized spacial score (nSPS) is 10.8. The third kappa shape index (κ3) is 3.35. The lowest BCUT2D eigenvalue weighted by Gasteiger charge is -2.12. The molecular formula is C13H18N2O. The molecule has 0 heterocycles. The molecule has 0 fully saturated rings. The van der Waals surface area contributed by atoms with Gasteiger partial charge in [-0.2, -0.15) is 0 Å². The Hall–Kier alpha value is -1.90. The summed E-state index contributed by atoms with van der Waals surface area (Å²) in [5, 5.41) is 6.36. The number of benzene rings is 1. The molecule has 3 nitrogen and oxygen atoms in total. The molecule has 0 bridgehead atoms. The fourth-order valence-corrected chi connectivity index (χ4v) is 1.35. The molecule has 1 rings (SSSR count). The maximum atomic E-state index is 5.25. The van der Waals surface area contributed by atoms with Gasteiger partial charge in [-0.3, -0.25) is 0 Å². The maximum Gasteiger partial charge on any atom is 0.141 e. The molecule has 0 aliphatic heterocycles. The Bertz CT molecular complexity index is 372. The minimum Gasteiger partial charge on any atom is -0.495 e. The van der Waals surface area contributed by atoms with Crippen molar-refractivity contribution in [1.82, 2.24) is 5.32 Å². The first-order valence-electron chi connectivity index (χ1n) is 5.21. The summed E-state index contributed by atoms with van der Waals surface area (Å²) in [7, 11) is 1.67. The van der Waals surface area contributed by atoms with E-state index in [2.05, 4.69) is 17.2 Å². The minimum atomic E-state index is 0.711. The highest BCUT2D eigenvalue weighted by molar-refractivity contribution is 5.56. The van der Waals surface area contributed by atoms with Gasteiger partial charge < -0.3 is 15.4 Å². The number of rotatable bonds is 6. The molecule has 3 heteroatoms. The van der Waals surface area contributed by atoms with Gasteiger partial charge in [0.15, 0.2) is 0 Å². The summed E-state index contributed by atoms with van der Waals surface area (Å²) in [5.74, 6) is 0.844. The molecule has 2 N–H and O–H groups in total. The van der Waals surface area contributed by atoms with Crippen molar-refractivity contribution in [2.45, 2.75) is 6.92 Å². The van der Waals surface area contributed by atoms with Crippen LogP contribution in [0.2, 0.25) is 0 Å². The number of nitrogens with one attached hydrogen (secondary N) is 2. The number of allylic oxidation sites excluding steroid dienone is 1. The molecule has 0 spiro atoms. The second-order valence-electron chi connectivity index (χ2n) is 3.22. The van der Waals surface area contributed by atoms with Gasteiger partial charge >= 0.3 is 0 Å². The SMILES string of the molecule is C=CN/C(=C\C)CNc1ccccc1OC. The fourth-order valence-electron chi connectivity index (χ4n) is 1.35. The Labute approximate surface area is 96.8 Å². The van der Waals surface area contributed by atoms with Crippen LogP contribution in [0.25, 0.3) is 0 Å². The largest absolute Gasteiger partial charge is 0.495 e. The zero-order valence-electron chi connectivity index (χ0n) is 9.79. The molecule has 0 saturated carbocycles. The number of ether oxygens (including phenoxy) is 1. The molecule has 86 valence electrons. The third-order valence-corrected chi connectivity index (χ3v) is 2.21. The molecule has 0 atom stereocenters. The zero-order valence-corrected chi connectivity index (χ0v) is 9.79. The standard InChI is InChI=1S/C13H18N2O/c1-4-11(14-5-2)10-15-12-8-6-7-9-13(12)16-3/h4-9,14-15H,2,10H2,1,3H3/b11-4-. The van der Waals surface area contributed by atoms with Gasteiger partial charge in [0, 0.05) is 5.70 Å². The summed E-state index contributed by atoms with van der Waals surface area (Å²) >= 11 is 0. The van der Waals surface area contributed by atoms with E-state index < -0.39 is 0 Å². The highest BCUT2D eigenvalue weighted by Gasteiger charge is 2.00. The first-order chi connectivity index (χ1) is 7.81. The average molecular weight is 218 g/mol. The lowest BCUT2D eigenvalue weighted by atomic mass is 10.3. The van der Waals surface area contributed by atoms with E-state index in [0.717, 1.165) is 17.1 Å². The van der Waals surface area contributed by atoms with Gasteiger partial charge in [0.05, 0.1) is 19.3 Å². The van der Waals surface area contributed by atoms with E-state index in [4.69, 9.17) is 4.74 Å². The molecule has 1 aromatic rings. The van der Waals surface area contributed by atoms with Crippen LogP contribution in [0.3, 0.4) is 0 Å². The van der Waals surface area contributed by atoms with E-state index in [1.165, 1.54) is 0 Å². The summed E-state index contributed by atoms with van der Waals surface area (Å²) < 4.78 is 5.25. The lowest BCUT2D eigenvalue weighted by Crippen LogP contribution is -2.15. The topological polar surface area (TPSA) is 33.3 Å². The van der Waals surface area contributed by atoms with Crippen molar-refractivity contribution in [3.05, 3.63) is 48.8 Å². The molecule has 0 unspecified atom stereocenters. The number of para-hydroxylation sites is 2. The van der Waals surface area contributed by atoms with E-state index in [0.29, 0.717) is 6.54 Å². The average Bonchev–Trinajstić information content (AvgIpc) is 2.34. The quantitative estimate of drug-likeness (QED) is 0.770. The second kappa shape index (κ2) is 6.56. The molecule has 1 aromatic carbocycles. The second-order valence-corrected chi connectivity index (χ2v) is 3.22. The summed E-state index contributed by atoms with van der Waals surface area (Å²) in [6, 6.07) is 7.84. The van der Waals surface area contributed by atoms with Crippen LogP contribution < -0.4 is 15.4 Å². The number of anilines is 1. The van der Waals surface area contributed by atoms with Crippen LogP contribution in [0.15, 0.2) is 48.8 Å². The van der Waals surface area contributed by atoms with Crippen LogP contribution in [0.5, 0.6) is 5.75 Å². The summed E-state index contributed by atoms with van der Waals surface area (Å²) in [6.07, 6.45) is 3.67. The van der Waals surface area contributed by atoms with E-state index in [9.17, 15) is 0 Å².